The van der Waals surface area contributed by atoms with Crippen LogP contribution < -0.4 is 11.1 Å². The van der Waals surface area contributed by atoms with Crippen LogP contribution in [0.5, 0.6) is 0 Å². The molecule has 3 aromatic rings. The average Bonchev–Trinajstić information content (AvgIpc) is 2.95. The summed E-state index contributed by atoms with van der Waals surface area (Å²) in [4.78, 5) is 34.1. The lowest BCUT2D eigenvalue weighted by Gasteiger charge is -2.06. The van der Waals surface area contributed by atoms with E-state index in [1.165, 1.54) is 22.8 Å². The molecule has 0 atom stereocenters. The molecule has 2 aromatic carbocycles. The van der Waals surface area contributed by atoms with Crippen molar-refractivity contribution < 1.29 is 14.1 Å². The van der Waals surface area contributed by atoms with Gasteiger partial charge in [0.2, 0.25) is 5.91 Å². The Bertz CT molecular complexity index is 991. The predicted molar refractivity (Wildman–Crippen MR) is 94.7 cm³/mol. The van der Waals surface area contributed by atoms with Gasteiger partial charge in [-0.2, -0.15) is 0 Å². The number of hydrogen-bond donors (Lipinski definition) is 1. The Hall–Kier alpha value is -3.42. The number of aryl methyl sites for hydroxylation is 1. The second-order valence-corrected chi connectivity index (χ2v) is 5.79. The summed E-state index contributed by atoms with van der Waals surface area (Å²) < 4.78 is 6.43. The Kier molecular flexibility index (Phi) is 5.12. The summed E-state index contributed by atoms with van der Waals surface area (Å²) in [5.74, 6) is -0.699. The van der Waals surface area contributed by atoms with E-state index < -0.39 is 10.7 Å². The Morgan fingerprint density at radius 1 is 1.19 bits per heavy atom. The highest BCUT2D eigenvalue weighted by molar-refractivity contribution is 5.76. The molecule has 3 rings (SSSR count). The van der Waals surface area contributed by atoms with Crippen molar-refractivity contribution in [3.8, 4) is 0 Å². The minimum Gasteiger partial charge on any atom is -0.407 e. The van der Waals surface area contributed by atoms with Crippen LogP contribution in [0.25, 0.3) is 11.1 Å². The molecule has 1 aromatic heterocycles. The van der Waals surface area contributed by atoms with E-state index >= 15 is 0 Å². The first-order chi connectivity index (χ1) is 12.5. The van der Waals surface area contributed by atoms with Gasteiger partial charge in [0.1, 0.15) is 0 Å². The normalized spacial score (nSPS) is 10.8. The number of fused-ring (bicyclic) bond motifs is 1. The van der Waals surface area contributed by atoms with Gasteiger partial charge in [-0.15, -0.1) is 0 Å². The molecule has 0 bridgehead atoms. The molecule has 0 aliphatic carbocycles. The summed E-state index contributed by atoms with van der Waals surface area (Å²) in [6.07, 6.45) is 0.713. The van der Waals surface area contributed by atoms with Crippen molar-refractivity contribution >= 4 is 22.7 Å². The highest BCUT2D eigenvalue weighted by Gasteiger charge is 2.14. The second-order valence-electron chi connectivity index (χ2n) is 5.79. The number of nitro benzene ring substituents is 1. The minimum absolute atomic E-state index is 0.106. The molecule has 1 amide bonds. The molecule has 26 heavy (non-hydrogen) atoms. The lowest BCUT2D eigenvalue weighted by molar-refractivity contribution is -0.384. The number of carbonyl (C=O) groups is 1. The number of nitrogens with one attached hydrogen (secondary N) is 1. The zero-order chi connectivity index (χ0) is 18.5. The van der Waals surface area contributed by atoms with Crippen molar-refractivity contribution in [1.82, 2.24) is 9.88 Å². The molecule has 0 aliphatic rings. The molecule has 0 aliphatic heterocycles. The van der Waals surface area contributed by atoms with Crippen LogP contribution in [-0.2, 0) is 17.9 Å². The number of oxazole rings is 1. The molecule has 0 saturated carbocycles. The van der Waals surface area contributed by atoms with Crippen molar-refractivity contribution in [3.63, 3.8) is 0 Å². The van der Waals surface area contributed by atoms with Gasteiger partial charge in [0.15, 0.2) is 5.58 Å². The molecule has 0 unspecified atom stereocenters. The van der Waals surface area contributed by atoms with Crippen LogP contribution in [-0.4, -0.2) is 15.4 Å². The van der Waals surface area contributed by atoms with Crippen molar-refractivity contribution in [3.05, 3.63) is 74.8 Å². The zero-order valence-electron chi connectivity index (χ0n) is 13.9. The highest BCUT2D eigenvalue weighted by atomic mass is 16.6. The summed E-state index contributed by atoms with van der Waals surface area (Å²) in [6, 6.07) is 13.6. The van der Waals surface area contributed by atoms with Gasteiger partial charge in [-0.25, -0.2) is 4.79 Å². The highest BCUT2D eigenvalue weighted by Crippen LogP contribution is 2.20. The number of aromatic nitrogens is 1. The van der Waals surface area contributed by atoms with Crippen molar-refractivity contribution in [2.75, 3.05) is 0 Å². The molecule has 134 valence electrons. The summed E-state index contributed by atoms with van der Waals surface area (Å²) in [6.45, 7) is 0.750. The van der Waals surface area contributed by atoms with Crippen LogP contribution in [0.2, 0.25) is 0 Å². The van der Waals surface area contributed by atoms with Crippen molar-refractivity contribution in [1.29, 1.82) is 0 Å². The first-order valence-corrected chi connectivity index (χ1v) is 8.13. The van der Waals surface area contributed by atoms with Crippen LogP contribution in [0.3, 0.4) is 0 Å². The first-order valence-electron chi connectivity index (χ1n) is 8.13. The fraction of sp³-hybridized carbons (Fsp3) is 0.222. The Morgan fingerprint density at radius 3 is 2.69 bits per heavy atom. The van der Waals surface area contributed by atoms with E-state index in [-0.39, 0.29) is 23.6 Å². The maximum Gasteiger partial charge on any atom is 0.419 e. The van der Waals surface area contributed by atoms with Crippen LogP contribution >= 0.6 is 0 Å². The summed E-state index contributed by atoms with van der Waals surface area (Å²) in [7, 11) is 0. The molecule has 1 heterocycles. The Morgan fingerprint density at radius 2 is 1.96 bits per heavy atom. The summed E-state index contributed by atoms with van der Waals surface area (Å²) in [5.41, 5.74) is 1.52. The van der Waals surface area contributed by atoms with E-state index in [4.69, 9.17) is 4.42 Å². The zero-order valence-corrected chi connectivity index (χ0v) is 13.9. The number of amides is 1. The van der Waals surface area contributed by atoms with Gasteiger partial charge >= 0.3 is 5.76 Å². The van der Waals surface area contributed by atoms with Gasteiger partial charge in [-0.3, -0.25) is 19.5 Å². The van der Waals surface area contributed by atoms with E-state index in [9.17, 15) is 19.7 Å². The van der Waals surface area contributed by atoms with E-state index in [1.54, 1.807) is 0 Å². The number of rotatable bonds is 7. The fourth-order valence-corrected chi connectivity index (χ4v) is 2.66. The molecule has 0 radical (unpaired) electrons. The second kappa shape index (κ2) is 7.64. The largest absolute Gasteiger partial charge is 0.419 e. The van der Waals surface area contributed by atoms with Gasteiger partial charge in [-0.05, 0) is 18.1 Å². The fourth-order valence-electron chi connectivity index (χ4n) is 2.66. The maximum atomic E-state index is 11.9. The minimum atomic E-state index is -0.592. The summed E-state index contributed by atoms with van der Waals surface area (Å²) in [5, 5.41) is 13.6. The third kappa shape index (κ3) is 3.97. The molecular weight excluding hydrogens is 338 g/mol. The molecule has 8 heteroatoms. The molecule has 8 nitrogen and oxygen atoms in total. The van der Waals surface area contributed by atoms with Crippen molar-refractivity contribution in [2.24, 2.45) is 0 Å². The Balaban J connectivity index is 1.57. The van der Waals surface area contributed by atoms with E-state index in [1.807, 2.05) is 30.3 Å². The number of nitrogens with zero attached hydrogens (tertiary/aromatic N) is 2. The van der Waals surface area contributed by atoms with Crippen LogP contribution in [0.1, 0.15) is 18.4 Å². The topological polar surface area (TPSA) is 107 Å². The van der Waals surface area contributed by atoms with E-state index in [0.29, 0.717) is 25.0 Å². The van der Waals surface area contributed by atoms with Crippen molar-refractivity contribution in [2.45, 2.75) is 25.9 Å². The third-order valence-corrected chi connectivity index (χ3v) is 3.98. The summed E-state index contributed by atoms with van der Waals surface area (Å²) >= 11 is 0. The standard InChI is InChI=1S/C18H17N3O5/c22-17(19-12-13-5-2-1-3-6-13)7-4-10-20-15-9-8-14(21(24)25)11-16(15)26-18(20)23/h1-3,5-6,8-9,11H,4,7,10,12H2,(H,19,22). The van der Waals surface area contributed by atoms with Gasteiger partial charge < -0.3 is 9.73 Å². The Labute approximate surface area is 148 Å². The number of hydrogen-bond acceptors (Lipinski definition) is 5. The van der Waals surface area contributed by atoms with E-state index in [2.05, 4.69) is 5.32 Å². The van der Waals surface area contributed by atoms with Gasteiger partial charge in [0.25, 0.3) is 5.69 Å². The monoisotopic (exact) mass is 355 g/mol. The predicted octanol–water partition coefficient (Wildman–Crippen LogP) is 2.60. The quantitative estimate of drug-likeness (QED) is 0.518. The van der Waals surface area contributed by atoms with Gasteiger partial charge in [0, 0.05) is 25.6 Å². The lowest BCUT2D eigenvalue weighted by Crippen LogP contribution is -2.23. The smallest absolute Gasteiger partial charge is 0.407 e. The van der Waals surface area contributed by atoms with Crippen LogP contribution in [0.4, 0.5) is 5.69 Å². The number of non-ortho nitro benzene ring substituents is 1. The number of carbonyl (C=O) groups excluding carboxylic acids is 1. The molecular formula is C18H17N3O5. The van der Waals surface area contributed by atoms with E-state index in [0.717, 1.165) is 5.56 Å². The number of nitro groups is 1. The van der Waals surface area contributed by atoms with Crippen LogP contribution in [0, 0.1) is 10.1 Å². The maximum absolute atomic E-state index is 11.9. The average molecular weight is 355 g/mol. The SMILES string of the molecule is O=C(CCCn1c(=O)oc2cc([N+](=O)[O-])ccc21)NCc1ccccc1. The number of benzene rings is 2. The molecule has 0 spiro atoms. The van der Waals surface area contributed by atoms with Crippen LogP contribution in [0.15, 0.2) is 57.7 Å². The lowest BCUT2D eigenvalue weighted by atomic mass is 10.2. The van der Waals surface area contributed by atoms with Gasteiger partial charge in [0.05, 0.1) is 16.5 Å². The molecule has 0 fully saturated rings. The molecule has 1 N–H and O–H groups in total. The molecule has 0 saturated heterocycles. The van der Waals surface area contributed by atoms with Gasteiger partial charge in [-0.1, -0.05) is 30.3 Å². The third-order valence-electron chi connectivity index (χ3n) is 3.98. The first kappa shape index (κ1) is 17.4.